The maximum absolute atomic E-state index is 11.8. The normalized spacial score (nSPS) is 14.9. The van der Waals surface area contributed by atoms with Gasteiger partial charge in [0, 0.05) is 13.1 Å². The van der Waals surface area contributed by atoms with Crippen molar-refractivity contribution in [3.8, 4) is 11.5 Å². The molecule has 19 heavy (non-hydrogen) atoms. The van der Waals surface area contributed by atoms with E-state index in [0.717, 1.165) is 0 Å². The predicted molar refractivity (Wildman–Crippen MR) is 69.4 cm³/mol. The first-order chi connectivity index (χ1) is 9.31. The van der Waals surface area contributed by atoms with Gasteiger partial charge in [0.15, 0.2) is 18.2 Å². The van der Waals surface area contributed by atoms with E-state index in [1.54, 1.807) is 24.1 Å². The Morgan fingerprint density at radius 2 is 2.00 bits per heavy atom. The molecule has 1 saturated heterocycles. The number of methoxy groups -OCH3 is 1. The molecule has 2 rings (SSSR count). The Balaban J connectivity index is 1.78. The fourth-order valence-electron chi connectivity index (χ4n) is 1.79. The molecule has 0 saturated carbocycles. The van der Waals surface area contributed by atoms with Crippen LogP contribution in [0.1, 0.15) is 0 Å². The van der Waals surface area contributed by atoms with Gasteiger partial charge in [0.2, 0.25) is 0 Å². The second-order valence-corrected chi connectivity index (χ2v) is 4.02. The summed E-state index contributed by atoms with van der Waals surface area (Å²) in [6, 6.07) is 7.16. The van der Waals surface area contributed by atoms with Gasteiger partial charge in [-0.05, 0) is 12.1 Å². The number of amides is 2. The van der Waals surface area contributed by atoms with E-state index in [-0.39, 0.29) is 12.8 Å². The fourth-order valence-corrected chi connectivity index (χ4v) is 1.79. The van der Waals surface area contributed by atoms with Gasteiger partial charge >= 0.3 is 6.03 Å². The van der Waals surface area contributed by atoms with Crippen LogP contribution in [0.3, 0.4) is 0 Å². The van der Waals surface area contributed by atoms with Gasteiger partial charge in [-0.25, -0.2) is 4.79 Å². The van der Waals surface area contributed by atoms with Crippen LogP contribution in [0.25, 0.3) is 0 Å². The van der Waals surface area contributed by atoms with Crippen LogP contribution in [0, 0.1) is 0 Å². The summed E-state index contributed by atoms with van der Waals surface area (Å²) in [6.07, 6.45) is 0. The summed E-state index contributed by atoms with van der Waals surface area (Å²) in [5.74, 6) is 1.25. The Kier molecular flexibility index (Phi) is 4.85. The molecule has 0 atom stereocenters. The lowest BCUT2D eigenvalue weighted by atomic mass is 10.3. The number of hydrogen-bond acceptors (Lipinski definition) is 4. The van der Waals surface area contributed by atoms with Gasteiger partial charge < -0.3 is 24.4 Å². The first-order valence-electron chi connectivity index (χ1n) is 6.17. The Bertz CT molecular complexity index is 419. The SMILES string of the molecule is COc1ccccc1OCNC(=O)N1CCOCC1. The number of morpholine rings is 1. The van der Waals surface area contributed by atoms with Crippen molar-refractivity contribution < 1.29 is 19.0 Å². The van der Waals surface area contributed by atoms with Crippen LogP contribution in [-0.2, 0) is 4.74 Å². The molecule has 1 aliphatic rings. The highest BCUT2D eigenvalue weighted by Crippen LogP contribution is 2.25. The molecule has 0 radical (unpaired) electrons. The van der Waals surface area contributed by atoms with E-state index < -0.39 is 0 Å². The zero-order valence-corrected chi connectivity index (χ0v) is 10.9. The molecular weight excluding hydrogens is 248 g/mol. The van der Waals surface area contributed by atoms with E-state index in [2.05, 4.69) is 5.32 Å². The zero-order chi connectivity index (χ0) is 13.5. The van der Waals surface area contributed by atoms with Crippen molar-refractivity contribution in [2.24, 2.45) is 0 Å². The molecule has 1 aromatic rings. The van der Waals surface area contributed by atoms with E-state index in [1.807, 2.05) is 12.1 Å². The van der Waals surface area contributed by atoms with E-state index in [4.69, 9.17) is 14.2 Å². The molecule has 6 heteroatoms. The van der Waals surface area contributed by atoms with E-state index in [0.29, 0.717) is 37.8 Å². The van der Waals surface area contributed by atoms with Crippen molar-refractivity contribution in [3.05, 3.63) is 24.3 Å². The van der Waals surface area contributed by atoms with Crippen LogP contribution in [0.15, 0.2) is 24.3 Å². The van der Waals surface area contributed by atoms with Crippen molar-refractivity contribution in [2.75, 3.05) is 40.1 Å². The Hall–Kier alpha value is -1.95. The first kappa shape index (κ1) is 13.5. The van der Waals surface area contributed by atoms with Gasteiger partial charge in [0.1, 0.15) is 0 Å². The first-order valence-corrected chi connectivity index (χ1v) is 6.17. The quantitative estimate of drug-likeness (QED) is 0.828. The molecule has 2 amide bonds. The van der Waals surface area contributed by atoms with Gasteiger partial charge in [-0.15, -0.1) is 0 Å². The minimum absolute atomic E-state index is 0.108. The average Bonchev–Trinajstić information content (AvgIpc) is 2.48. The van der Waals surface area contributed by atoms with E-state index in [9.17, 15) is 4.79 Å². The summed E-state index contributed by atoms with van der Waals surface area (Å²) in [5.41, 5.74) is 0. The second kappa shape index (κ2) is 6.84. The third kappa shape index (κ3) is 3.75. The molecule has 0 bridgehead atoms. The topological polar surface area (TPSA) is 60.0 Å². The lowest BCUT2D eigenvalue weighted by Crippen LogP contribution is -2.47. The Morgan fingerprint density at radius 3 is 2.68 bits per heavy atom. The molecule has 6 nitrogen and oxygen atoms in total. The summed E-state index contributed by atoms with van der Waals surface area (Å²) in [5, 5.41) is 2.71. The number of nitrogens with one attached hydrogen (secondary N) is 1. The second-order valence-electron chi connectivity index (χ2n) is 4.02. The van der Waals surface area contributed by atoms with E-state index in [1.165, 1.54) is 0 Å². The van der Waals surface area contributed by atoms with Crippen LogP contribution >= 0.6 is 0 Å². The summed E-state index contributed by atoms with van der Waals surface area (Å²) >= 11 is 0. The lowest BCUT2D eigenvalue weighted by Gasteiger charge is -2.26. The maximum atomic E-state index is 11.8. The molecule has 1 aromatic carbocycles. The molecule has 1 N–H and O–H groups in total. The zero-order valence-electron chi connectivity index (χ0n) is 10.9. The summed E-state index contributed by atoms with van der Waals surface area (Å²) < 4.78 is 15.8. The molecule has 1 fully saturated rings. The van der Waals surface area contributed by atoms with Crippen LogP contribution < -0.4 is 14.8 Å². The maximum Gasteiger partial charge on any atom is 0.320 e. The summed E-state index contributed by atoms with van der Waals surface area (Å²) in [7, 11) is 1.58. The molecule has 104 valence electrons. The lowest BCUT2D eigenvalue weighted by molar-refractivity contribution is 0.0518. The van der Waals surface area contributed by atoms with Gasteiger partial charge in [-0.2, -0.15) is 0 Å². The molecular formula is C13H18N2O4. The van der Waals surface area contributed by atoms with Crippen molar-refractivity contribution >= 4 is 6.03 Å². The molecule has 1 heterocycles. The van der Waals surface area contributed by atoms with Crippen LogP contribution in [0.2, 0.25) is 0 Å². The molecule has 0 spiro atoms. The number of benzene rings is 1. The van der Waals surface area contributed by atoms with Crippen LogP contribution in [-0.4, -0.2) is 51.1 Å². The monoisotopic (exact) mass is 266 g/mol. The van der Waals surface area contributed by atoms with Gasteiger partial charge in [0.25, 0.3) is 0 Å². The minimum atomic E-state index is -0.141. The number of ether oxygens (including phenoxy) is 3. The largest absolute Gasteiger partial charge is 0.493 e. The predicted octanol–water partition coefficient (Wildman–Crippen LogP) is 1.07. The van der Waals surface area contributed by atoms with Crippen molar-refractivity contribution in [1.82, 2.24) is 10.2 Å². The standard InChI is InChI=1S/C13H18N2O4/c1-17-11-4-2-3-5-12(11)19-10-14-13(16)15-6-8-18-9-7-15/h2-5H,6-10H2,1H3,(H,14,16). The van der Waals surface area contributed by atoms with Crippen molar-refractivity contribution in [3.63, 3.8) is 0 Å². The summed E-state index contributed by atoms with van der Waals surface area (Å²) in [4.78, 5) is 13.5. The van der Waals surface area contributed by atoms with Crippen molar-refractivity contribution in [2.45, 2.75) is 0 Å². The highest BCUT2D eigenvalue weighted by Gasteiger charge is 2.16. The van der Waals surface area contributed by atoms with Gasteiger partial charge in [-0.3, -0.25) is 0 Å². The molecule has 0 unspecified atom stereocenters. The Labute approximate surface area is 112 Å². The molecule has 0 aliphatic carbocycles. The van der Waals surface area contributed by atoms with Crippen LogP contribution in [0.5, 0.6) is 11.5 Å². The summed E-state index contributed by atoms with van der Waals surface area (Å²) in [6.45, 7) is 2.50. The number of carbonyl (C=O) groups is 1. The van der Waals surface area contributed by atoms with Gasteiger partial charge in [0.05, 0.1) is 20.3 Å². The smallest absolute Gasteiger partial charge is 0.320 e. The van der Waals surface area contributed by atoms with Crippen LogP contribution in [0.4, 0.5) is 4.79 Å². The molecule has 0 aromatic heterocycles. The minimum Gasteiger partial charge on any atom is -0.493 e. The third-order valence-electron chi connectivity index (χ3n) is 2.82. The number of nitrogens with zero attached hydrogens (tertiary/aromatic N) is 1. The fraction of sp³-hybridized carbons (Fsp3) is 0.462. The number of urea groups is 1. The van der Waals surface area contributed by atoms with Gasteiger partial charge in [-0.1, -0.05) is 12.1 Å². The average molecular weight is 266 g/mol. The van der Waals surface area contributed by atoms with E-state index >= 15 is 0 Å². The third-order valence-corrected chi connectivity index (χ3v) is 2.82. The molecule has 1 aliphatic heterocycles. The number of rotatable bonds is 4. The highest BCUT2D eigenvalue weighted by molar-refractivity contribution is 5.74. The van der Waals surface area contributed by atoms with Crippen molar-refractivity contribution in [1.29, 1.82) is 0 Å². The number of hydrogen-bond donors (Lipinski definition) is 1. The Morgan fingerprint density at radius 1 is 1.32 bits per heavy atom. The number of para-hydroxylation sites is 2. The highest BCUT2D eigenvalue weighted by atomic mass is 16.5. The number of carbonyl (C=O) groups excluding carboxylic acids is 1.